The Morgan fingerprint density at radius 2 is 2.21 bits per heavy atom. The molecule has 2 saturated carbocycles. The maximum Gasteiger partial charge on any atom is 0.125 e. The molecule has 4 heteroatoms. The Balaban J connectivity index is 1.98. The summed E-state index contributed by atoms with van der Waals surface area (Å²) in [7, 11) is 0. The number of fused-ring (bicyclic) bond motifs is 2. The maximum absolute atomic E-state index is 9.35. The maximum atomic E-state index is 9.35. The van der Waals surface area contributed by atoms with Crippen LogP contribution in [0, 0.1) is 16.7 Å². The highest BCUT2D eigenvalue weighted by atomic mass is 16.4. The van der Waals surface area contributed by atoms with E-state index in [1.165, 1.54) is 0 Å². The van der Waals surface area contributed by atoms with Crippen LogP contribution >= 0.6 is 0 Å². The van der Waals surface area contributed by atoms with Crippen LogP contribution in [0.15, 0.2) is 33.0 Å². The van der Waals surface area contributed by atoms with E-state index >= 15 is 0 Å². The van der Waals surface area contributed by atoms with Crippen LogP contribution in [0.3, 0.4) is 0 Å². The van der Waals surface area contributed by atoms with Crippen LogP contribution in [0.5, 0.6) is 0 Å². The minimum absolute atomic E-state index is 0.00578. The van der Waals surface area contributed by atoms with Crippen molar-refractivity contribution in [2.24, 2.45) is 26.9 Å². The van der Waals surface area contributed by atoms with Gasteiger partial charge in [-0.05, 0) is 30.4 Å². The fraction of sp³-hybridized carbons (Fsp3) is 0.600. The summed E-state index contributed by atoms with van der Waals surface area (Å²) in [5.74, 6) is 1.16. The molecule has 2 bridgehead atoms. The van der Waals surface area contributed by atoms with Gasteiger partial charge in [-0.2, -0.15) is 0 Å². The fourth-order valence-electron chi connectivity index (χ4n) is 3.78. The normalized spacial score (nSPS) is 36.5. The molecule has 4 nitrogen and oxygen atoms in total. The van der Waals surface area contributed by atoms with Crippen molar-refractivity contribution in [1.29, 1.82) is 0 Å². The summed E-state index contributed by atoms with van der Waals surface area (Å²) < 4.78 is 5.32. The van der Waals surface area contributed by atoms with Crippen molar-refractivity contribution in [2.45, 2.75) is 40.2 Å². The average Bonchev–Trinajstić information content (AvgIpc) is 2.99. The molecule has 0 amide bonds. The standard InChI is InChI=1S/C15H20N2O2/c1-14(2)11-6-7-15(14,3)13(12(11)17-18)16-9-10-5-4-8-19-10/h4-5,8,11,18H,6-7,9H2,1-3H3/b16-13?,17-12+/t11-,15+/m1/s1. The second-order valence-corrected chi connectivity index (χ2v) is 6.37. The SMILES string of the molecule is CC1(C)[C@@H]2CC[C@@]1(C)C(=NCc1ccco1)/C2=N/O. The Hall–Kier alpha value is -1.58. The zero-order valence-corrected chi connectivity index (χ0v) is 11.7. The zero-order valence-electron chi connectivity index (χ0n) is 11.7. The van der Waals surface area contributed by atoms with E-state index in [4.69, 9.17) is 9.41 Å². The van der Waals surface area contributed by atoms with Crippen molar-refractivity contribution in [3.63, 3.8) is 0 Å². The van der Waals surface area contributed by atoms with Gasteiger partial charge >= 0.3 is 0 Å². The summed E-state index contributed by atoms with van der Waals surface area (Å²) in [6.45, 7) is 7.27. The second-order valence-electron chi connectivity index (χ2n) is 6.37. The molecule has 0 spiro atoms. The summed E-state index contributed by atoms with van der Waals surface area (Å²) in [5, 5.41) is 12.9. The highest BCUT2D eigenvalue weighted by molar-refractivity contribution is 6.47. The predicted octanol–water partition coefficient (Wildman–Crippen LogP) is 3.51. The van der Waals surface area contributed by atoms with Crippen LogP contribution in [-0.4, -0.2) is 16.6 Å². The molecular formula is C15H20N2O2. The van der Waals surface area contributed by atoms with Crippen LogP contribution in [0.25, 0.3) is 0 Å². The first-order valence-electron chi connectivity index (χ1n) is 6.80. The van der Waals surface area contributed by atoms with Gasteiger partial charge in [0, 0.05) is 11.3 Å². The van der Waals surface area contributed by atoms with Gasteiger partial charge in [-0.15, -0.1) is 0 Å². The Morgan fingerprint density at radius 1 is 1.42 bits per heavy atom. The highest BCUT2D eigenvalue weighted by Crippen LogP contribution is 2.62. The van der Waals surface area contributed by atoms with Gasteiger partial charge in [-0.1, -0.05) is 25.9 Å². The van der Waals surface area contributed by atoms with E-state index < -0.39 is 0 Å². The molecule has 0 aromatic carbocycles. The topological polar surface area (TPSA) is 58.1 Å². The van der Waals surface area contributed by atoms with E-state index in [1.807, 2.05) is 12.1 Å². The summed E-state index contributed by atoms with van der Waals surface area (Å²) in [5.41, 5.74) is 1.86. The van der Waals surface area contributed by atoms with E-state index in [0.29, 0.717) is 12.5 Å². The first kappa shape index (κ1) is 12.5. The van der Waals surface area contributed by atoms with Gasteiger partial charge in [0.15, 0.2) is 0 Å². The van der Waals surface area contributed by atoms with Crippen molar-refractivity contribution >= 4 is 11.4 Å². The third-order valence-electron chi connectivity index (χ3n) is 5.40. The van der Waals surface area contributed by atoms with Gasteiger partial charge in [0.2, 0.25) is 0 Å². The van der Waals surface area contributed by atoms with Crippen molar-refractivity contribution < 1.29 is 9.62 Å². The molecule has 0 unspecified atom stereocenters. The minimum atomic E-state index is 0.00578. The molecule has 1 N–H and O–H groups in total. The lowest BCUT2D eigenvalue weighted by molar-refractivity contribution is 0.206. The Labute approximate surface area is 113 Å². The Kier molecular flexibility index (Phi) is 2.59. The smallest absolute Gasteiger partial charge is 0.125 e. The van der Waals surface area contributed by atoms with Gasteiger partial charge in [-0.25, -0.2) is 0 Å². The quantitative estimate of drug-likeness (QED) is 0.653. The van der Waals surface area contributed by atoms with E-state index in [0.717, 1.165) is 30.0 Å². The average molecular weight is 260 g/mol. The minimum Gasteiger partial charge on any atom is -0.467 e. The number of nitrogens with zero attached hydrogens (tertiary/aromatic N) is 2. The zero-order chi connectivity index (χ0) is 13.7. The molecule has 2 aliphatic rings. The molecule has 2 fully saturated rings. The van der Waals surface area contributed by atoms with Crippen LogP contribution in [-0.2, 0) is 6.54 Å². The van der Waals surface area contributed by atoms with Gasteiger partial charge in [-0.3, -0.25) is 4.99 Å². The molecule has 1 heterocycles. The van der Waals surface area contributed by atoms with Gasteiger partial charge < -0.3 is 9.62 Å². The van der Waals surface area contributed by atoms with E-state index in [9.17, 15) is 5.21 Å². The highest BCUT2D eigenvalue weighted by Gasteiger charge is 2.63. The third kappa shape index (κ3) is 1.52. The molecular weight excluding hydrogens is 240 g/mol. The fourth-order valence-corrected chi connectivity index (χ4v) is 3.78. The van der Waals surface area contributed by atoms with Gasteiger partial charge in [0.1, 0.15) is 11.5 Å². The summed E-state index contributed by atoms with van der Waals surface area (Å²) >= 11 is 0. The third-order valence-corrected chi connectivity index (χ3v) is 5.40. The summed E-state index contributed by atoms with van der Waals surface area (Å²) in [6, 6.07) is 3.78. The first-order chi connectivity index (χ1) is 9.00. The van der Waals surface area contributed by atoms with Crippen LogP contribution in [0.4, 0.5) is 0 Å². The lowest BCUT2D eigenvalue weighted by Gasteiger charge is -2.33. The van der Waals surface area contributed by atoms with Crippen LogP contribution in [0.2, 0.25) is 0 Å². The second kappa shape index (κ2) is 3.95. The monoisotopic (exact) mass is 260 g/mol. The molecule has 1 aromatic rings. The molecule has 2 atom stereocenters. The van der Waals surface area contributed by atoms with Crippen molar-refractivity contribution in [3.05, 3.63) is 24.2 Å². The van der Waals surface area contributed by atoms with Gasteiger partial charge in [0.05, 0.1) is 18.5 Å². The summed E-state index contributed by atoms with van der Waals surface area (Å²) in [4.78, 5) is 4.70. The van der Waals surface area contributed by atoms with Crippen LogP contribution < -0.4 is 0 Å². The number of oxime groups is 1. The molecule has 102 valence electrons. The molecule has 0 saturated heterocycles. The van der Waals surface area contributed by atoms with Crippen molar-refractivity contribution in [1.82, 2.24) is 0 Å². The first-order valence-corrected chi connectivity index (χ1v) is 6.80. The molecule has 1 aromatic heterocycles. The Morgan fingerprint density at radius 3 is 2.84 bits per heavy atom. The molecule has 0 aliphatic heterocycles. The van der Waals surface area contributed by atoms with Crippen molar-refractivity contribution in [2.75, 3.05) is 0 Å². The Bertz CT molecular complexity index is 543. The predicted molar refractivity (Wildman–Crippen MR) is 73.7 cm³/mol. The van der Waals surface area contributed by atoms with E-state index in [-0.39, 0.29) is 10.8 Å². The van der Waals surface area contributed by atoms with E-state index in [1.54, 1.807) is 6.26 Å². The summed E-state index contributed by atoms with van der Waals surface area (Å²) in [6.07, 6.45) is 3.85. The molecule has 0 radical (unpaired) electrons. The lowest BCUT2D eigenvalue weighted by Crippen LogP contribution is -2.34. The molecule has 3 rings (SSSR count). The van der Waals surface area contributed by atoms with Crippen molar-refractivity contribution in [3.8, 4) is 0 Å². The molecule has 2 aliphatic carbocycles. The number of aliphatic imine (C=N–C) groups is 1. The van der Waals surface area contributed by atoms with E-state index in [2.05, 4.69) is 25.9 Å². The van der Waals surface area contributed by atoms with Crippen LogP contribution in [0.1, 0.15) is 39.4 Å². The van der Waals surface area contributed by atoms with Gasteiger partial charge in [0.25, 0.3) is 0 Å². The lowest BCUT2D eigenvalue weighted by atomic mass is 9.70. The number of rotatable bonds is 2. The largest absolute Gasteiger partial charge is 0.467 e. The number of hydrogen-bond acceptors (Lipinski definition) is 4. The number of hydrogen-bond donors (Lipinski definition) is 1. The number of furan rings is 1. The molecule has 19 heavy (non-hydrogen) atoms.